The molecule has 0 saturated carbocycles. The molecule has 0 radical (unpaired) electrons. The van der Waals surface area contributed by atoms with Crippen molar-refractivity contribution in [1.82, 2.24) is 10.3 Å². The second-order valence-electron chi connectivity index (χ2n) is 4.46. The van der Waals surface area contributed by atoms with Crippen LogP contribution >= 0.6 is 22.9 Å². The van der Waals surface area contributed by atoms with Crippen molar-refractivity contribution in [3.8, 4) is 11.5 Å². The van der Waals surface area contributed by atoms with E-state index in [4.69, 9.17) is 21.1 Å². The van der Waals surface area contributed by atoms with Crippen molar-refractivity contribution in [2.45, 2.75) is 13.0 Å². The van der Waals surface area contributed by atoms with Crippen LogP contribution in [-0.2, 0) is 13.0 Å². The highest BCUT2D eigenvalue weighted by Crippen LogP contribution is 2.30. The third-order valence-corrected chi connectivity index (χ3v) is 4.11. The largest absolute Gasteiger partial charge is 0.486 e. The van der Waals surface area contributed by atoms with Crippen LogP contribution in [0.15, 0.2) is 24.4 Å². The first kappa shape index (κ1) is 13.7. The molecule has 1 aromatic carbocycles. The van der Waals surface area contributed by atoms with Crippen LogP contribution in [0, 0.1) is 0 Å². The highest BCUT2D eigenvalue weighted by atomic mass is 35.5. The van der Waals surface area contributed by atoms with Gasteiger partial charge in [0.15, 0.2) is 11.5 Å². The quantitative estimate of drug-likeness (QED) is 0.862. The van der Waals surface area contributed by atoms with Crippen LogP contribution in [0.25, 0.3) is 0 Å². The molecule has 2 heterocycles. The molecule has 1 N–H and O–H groups in total. The Hall–Kier alpha value is -1.30. The highest BCUT2D eigenvalue weighted by molar-refractivity contribution is 7.15. The van der Waals surface area contributed by atoms with Crippen molar-refractivity contribution in [1.29, 1.82) is 0 Å². The molecule has 0 saturated heterocycles. The van der Waals surface area contributed by atoms with Crippen LogP contribution in [0.4, 0.5) is 0 Å². The summed E-state index contributed by atoms with van der Waals surface area (Å²) in [5.41, 5.74) is 1.24. The monoisotopic (exact) mass is 310 g/mol. The fourth-order valence-electron chi connectivity index (χ4n) is 2.04. The van der Waals surface area contributed by atoms with Gasteiger partial charge >= 0.3 is 0 Å². The number of benzene rings is 1. The molecule has 0 amide bonds. The zero-order valence-electron chi connectivity index (χ0n) is 10.9. The molecule has 3 rings (SSSR count). The molecule has 2 aromatic rings. The van der Waals surface area contributed by atoms with Crippen LogP contribution in [0.3, 0.4) is 0 Å². The number of nitrogens with one attached hydrogen (secondary N) is 1. The van der Waals surface area contributed by atoms with Crippen molar-refractivity contribution in [2.75, 3.05) is 19.8 Å². The molecule has 20 heavy (non-hydrogen) atoms. The minimum Gasteiger partial charge on any atom is -0.486 e. The van der Waals surface area contributed by atoms with Gasteiger partial charge in [-0.15, -0.1) is 11.3 Å². The van der Waals surface area contributed by atoms with Gasteiger partial charge in [-0.1, -0.05) is 17.7 Å². The van der Waals surface area contributed by atoms with Gasteiger partial charge in [0.2, 0.25) is 0 Å². The van der Waals surface area contributed by atoms with E-state index in [1.54, 1.807) is 6.20 Å². The normalized spacial score (nSPS) is 13.4. The summed E-state index contributed by atoms with van der Waals surface area (Å²) in [6.07, 6.45) is 2.62. The smallest absolute Gasteiger partial charge is 0.161 e. The first-order valence-electron chi connectivity index (χ1n) is 6.51. The van der Waals surface area contributed by atoms with Crippen molar-refractivity contribution >= 4 is 22.9 Å². The van der Waals surface area contributed by atoms with E-state index in [2.05, 4.69) is 22.4 Å². The Kier molecular flexibility index (Phi) is 4.40. The Labute approximate surface area is 126 Å². The van der Waals surface area contributed by atoms with Crippen molar-refractivity contribution < 1.29 is 9.47 Å². The summed E-state index contributed by atoms with van der Waals surface area (Å²) < 4.78 is 11.8. The number of nitrogens with zero attached hydrogens (tertiary/aromatic N) is 1. The van der Waals surface area contributed by atoms with E-state index in [1.807, 2.05) is 6.07 Å². The van der Waals surface area contributed by atoms with E-state index in [-0.39, 0.29) is 0 Å². The highest BCUT2D eigenvalue weighted by Gasteiger charge is 2.11. The van der Waals surface area contributed by atoms with Gasteiger partial charge in [-0.3, -0.25) is 0 Å². The van der Waals surface area contributed by atoms with E-state index in [9.17, 15) is 0 Å². The van der Waals surface area contributed by atoms with Crippen LogP contribution in [0.5, 0.6) is 11.5 Å². The number of ether oxygens (including phenoxy) is 2. The zero-order chi connectivity index (χ0) is 13.8. The summed E-state index contributed by atoms with van der Waals surface area (Å²) in [5, 5.41) is 4.37. The Bertz CT molecular complexity index is 588. The molecule has 1 aliphatic rings. The molecule has 0 bridgehead atoms. The Morgan fingerprint density at radius 3 is 2.90 bits per heavy atom. The predicted molar refractivity (Wildman–Crippen MR) is 80.0 cm³/mol. The van der Waals surface area contributed by atoms with E-state index < -0.39 is 0 Å². The third-order valence-electron chi connectivity index (χ3n) is 3.00. The Balaban J connectivity index is 1.48. The summed E-state index contributed by atoms with van der Waals surface area (Å²) in [4.78, 5) is 4.21. The molecule has 1 aromatic heterocycles. The van der Waals surface area contributed by atoms with E-state index in [0.717, 1.165) is 40.4 Å². The van der Waals surface area contributed by atoms with Gasteiger partial charge < -0.3 is 14.8 Å². The van der Waals surface area contributed by atoms with Gasteiger partial charge in [-0.2, -0.15) is 0 Å². The van der Waals surface area contributed by atoms with Gasteiger partial charge in [0.25, 0.3) is 0 Å². The van der Waals surface area contributed by atoms with Gasteiger partial charge in [0, 0.05) is 6.54 Å². The summed E-state index contributed by atoms with van der Waals surface area (Å²) in [7, 11) is 0. The second kappa shape index (κ2) is 6.43. The molecule has 106 valence electrons. The van der Waals surface area contributed by atoms with Crippen molar-refractivity contribution in [3.63, 3.8) is 0 Å². The Morgan fingerprint density at radius 2 is 2.10 bits per heavy atom. The summed E-state index contributed by atoms with van der Waals surface area (Å²) in [5.74, 6) is 1.69. The lowest BCUT2D eigenvalue weighted by atomic mass is 10.1. The summed E-state index contributed by atoms with van der Waals surface area (Å²) in [6, 6.07) is 6.11. The number of hydrogen-bond acceptors (Lipinski definition) is 5. The lowest BCUT2D eigenvalue weighted by Gasteiger charge is -2.18. The Morgan fingerprint density at radius 1 is 1.25 bits per heavy atom. The molecule has 0 aliphatic carbocycles. The minimum absolute atomic E-state index is 0.625. The number of rotatable bonds is 5. The maximum Gasteiger partial charge on any atom is 0.161 e. The standard InChI is InChI=1S/C14H15ClN2O2S/c15-13-8-17-14(20-13)9-16-4-3-10-1-2-11-12(7-10)19-6-5-18-11/h1-2,7-8,16H,3-6,9H2. The molecule has 4 nitrogen and oxygen atoms in total. The topological polar surface area (TPSA) is 43.4 Å². The number of thiazole rings is 1. The molecule has 0 spiro atoms. The van der Waals surface area contributed by atoms with Crippen molar-refractivity contribution in [3.05, 3.63) is 39.3 Å². The molecular weight excluding hydrogens is 296 g/mol. The maximum atomic E-state index is 5.84. The maximum absolute atomic E-state index is 5.84. The lowest BCUT2D eigenvalue weighted by Crippen LogP contribution is -2.17. The third kappa shape index (κ3) is 3.42. The second-order valence-corrected chi connectivity index (χ2v) is 6.21. The van der Waals surface area contributed by atoms with Gasteiger partial charge in [-0.25, -0.2) is 4.98 Å². The lowest BCUT2D eigenvalue weighted by molar-refractivity contribution is 0.171. The average molecular weight is 311 g/mol. The fraction of sp³-hybridized carbons (Fsp3) is 0.357. The van der Waals surface area contributed by atoms with Crippen LogP contribution in [-0.4, -0.2) is 24.7 Å². The van der Waals surface area contributed by atoms with Crippen LogP contribution < -0.4 is 14.8 Å². The average Bonchev–Trinajstić information content (AvgIpc) is 2.89. The van der Waals surface area contributed by atoms with Crippen molar-refractivity contribution in [2.24, 2.45) is 0 Å². The number of fused-ring (bicyclic) bond motifs is 1. The summed E-state index contributed by atoms with van der Waals surface area (Å²) >= 11 is 7.35. The molecule has 0 atom stereocenters. The number of halogens is 1. The van der Waals surface area contributed by atoms with Gasteiger partial charge in [-0.05, 0) is 30.7 Å². The zero-order valence-corrected chi connectivity index (χ0v) is 12.5. The first-order chi connectivity index (χ1) is 9.81. The number of hydrogen-bond donors (Lipinski definition) is 1. The van der Waals surface area contributed by atoms with E-state index in [0.29, 0.717) is 13.2 Å². The van der Waals surface area contributed by atoms with Crippen LogP contribution in [0.2, 0.25) is 4.34 Å². The molecular formula is C14H15ClN2O2S. The molecule has 6 heteroatoms. The predicted octanol–water partition coefficient (Wildman–Crippen LogP) is 2.90. The van der Waals surface area contributed by atoms with Gasteiger partial charge in [0.05, 0.1) is 6.20 Å². The van der Waals surface area contributed by atoms with Gasteiger partial charge in [0.1, 0.15) is 22.6 Å². The fourth-order valence-corrected chi connectivity index (χ4v) is 2.97. The van der Waals surface area contributed by atoms with E-state index in [1.165, 1.54) is 16.9 Å². The SMILES string of the molecule is Clc1cnc(CNCCc2ccc3c(c2)OCCO3)s1. The molecule has 0 fully saturated rings. The van der Waals surface area contributed by atoms with E-state index >= 15 is 0 Å². The molecule has 1 aliphatic heterocycles. The summed E-state index contributed by atoms with van der Waals surface area (Å²) in [6.45, 7) is 2.89. The van der Waals surface area contributed by atoms with Crippen LogP contribution in [0.1, 0.15) is 10.6 Å². The first-order valence-corrected chi connectivity index (χ1v) is 7.70. The minimum atomic E-state index is 0.625. The number of aromatic nitrogens is 1. The molecule has 0 unspecified atom stereocenters.